The van der Waals surface area contributed by atoms with Crippen molar-refractivity contribution in [1.82, 2.24) is 5.32 Å². The summed E-state index contributed by atoms with van der Waals surface area (Å²) in [6.07, 6.45) is 3.21. The summed E-state index contributed by atoms with van der Waals surface area (Å²) < 4.78 is 33.0. The predicted molar refractivity (Wildman–Crippen MR) is 116 cm³/mol. The van der Waals surface area contributed by atoms with Crippen LogP contribution in [0.5, 0.6) is 0 Å². The molecule has 0 atom stereocenters. The average molecular weight is 448 g/mol. The van der Waals surface area contributed by atoms with Crippen molar-refractivity contribution in [2.75, 3.05) is 24.5 Å². The number of amides is 1. The first-order valence-electron chi connectivity index (χ1n) is 10.00. The normalized spacial score (nSPS) is 13.6. The molecule has 0 aromatic heterocycles. The molecule has 1 amide bonds. The predicted octanol–water partition coefficient (Wildman–Crippen LogP) is 3.25. The fourth-order valence-electron chi connectivity index (χ4n) is 2.87. The van der Waals surface area contributed by atoms with Gasteiger partial charge in [-0.05, 0) is 62.4 Å². The molecule has 31 heavy (non-hydrogen) atoms. The van der Waals surface area contributed by atoms with E-state index in [1.165, 1.54) is 56.2 Å². The molecule has 1 aliphatic carbocycles. The Morgan fingerprint density at radius 2 is 1.90 bits per heavy atom. The Morgan fingerprint density at radius 3 is 2.55 bits per heavy atom. The third-order valence-electron chi connectivity index (χ3n) is 4.89. The third-order valence-corrected chi connectivity index (χ3v) is 6.27. The molecule has 9 nitrogen and oxygen atoms in total. The second-order valence-corrected chi connectivity index (χ2v) is 9.20. The molecule has 2 aromatic carbocycles. The molecule has 1 saturated carbocycles. The van der Waals surface area contributed by atoms with Gasteiger partial charge in [0.05, 0.1) is 9.82 Å². The second kappa shape index (κ2) is 9.88. The average Bonchev–Trinajstić information content (AvgIpc) is 3.55. The summed E-state index contributed by atoms with van der Waals surface area (Å²) in [5.41, 5.74) is 0.739. The molecule has 0 radical (unpaired) electrons. The zero-order valence-electron chi connectivity index (χ0n) is 17.2. The van der Waals surface area contributed by atoms with Crippen molar-refractivity contribution in [1.29, 1.82) is 0 Å². The summed E-state index contributed by atoms with van der Waals surface area (Å²) in [6.45, 7) is 3.42. The quantitative estimate of drug-likeness (QED) is 0.309. The fourth-order valence-corrected chi connectivity index (χ4v) is 3.95. The summed E-state index contributed by atoms with van der Waals surface area (Å²) >= 11 is 0. The van der Waals surface area contributed by atoms with Gasteiger partial charge in [-0.1, -0.05) is 6.07 Å². The second-order valence-electron chi connectivity index (χ2n) is 7.52. The van der Waals surface area contributed by atoms with Gasteiger partial charge >= 0.3 is 0 Å². The largest absolute Gasteiger partial charge is 0.381 e. The van der Waals surface area contributed by atoms with E-state index in [-0.39, 0.29) is 22.2 Å². The van der Waals surface area contributed by atoms with Crippen molar-refractivity contribution in [2.45, 2.75) is 31.1 Å². The lowest BCUT2D eigenvalue weighted by atomic mass is 10.2. The van der Waals surface area contributed by atoms with Crippen LogP contribution < -0.4 is 10.0 Å². The summed E-state index contributed by atoms with van der Waals surface area (Å²) in [6, 6.07) is 9.66. The maximum Gasteiger partial charge on any atom is 0.273 e. The molecule has 0 bridgehead atoms. The molecular formula is C21H25N3O6S. The number of nitrogens with zero attached hydrogens (tertiary/aromatic N) is 1. The van der Waals surface area contributed by atoms with Gasteiger partial charge in [0.1, 0.15) is 0 Å². The Bertz CT molecular complexity index is 1050. The smallest absolute Gasteiger partial charge is 0.273 e. The number of nitrogens with one attached hydrogen (secondary N) is 2. The molecule has 0 spiro atoms. The molecule has 3 rings (SSSR count). The van der Waals surface area contributed by atoms with Gasteiger partial charge in [-0.25, -0.2) is 8.42 Å². The van der Waals surface area contributed by atoms with Gasteiger partial charge in [-0.15, -0.1) is 0 Å². The first-order valence-corrected chi connectivity index (χ1v) is 11.5. The Hall–Kier alpha value is -2.98. The number of carbonyl (C=O) groups excluding carboxylic acids is 1. The van der Waals surface area contributed by atoms with E-state index in [9.17, 15) is 23.3 Å². The van der Waals surface area contributed by atoms with Gasteiger partial charge in [0.25, 0.3) is 21.6 Å². The first kappa shape index (κ1) is 22.7. The number of nitro groups is 1. The number of benzene rings is 2. The number of aryl methyl sites for hydroxylation is 1. The van der Waals surface area contributed by atoms with Crippen LogP contribution in [-0.2, 0) is 14.8 Å². The van der Waals surface area contributed by atoms with Crippen molar-refractivity contribution in [3.8, 4) is 0 Å². The first-order chi connectivity index (χ1) is 14.8. The monoisotopic (exact) mass is 447 g/mol. The van der Waals surface area contributed by atoms with E-state index in [0.29, 0.717) is 30.2 Å². The number of anilines is 1. The van der Waals surface area contributed by atoms with Gasteiger partial charge in [0.2, 0.25) is 0 Å². The Labute approximate surface area is 181 Å². The van der Waals surface area contributed by atoms with E-state index in [4.69, 9.17) is 4.74 Å². The maximum absolute atomic E-state index is 12.6. The Balaban J connectivity index is 1.53. The number of hydrogen-bond donors (Lipinski definition) is 2. The third kappa shape index (κ3) is 6.50. The van der Waals surface area contributed by atoms with Gasteiger partial charge in [0.15, 0.2) is 0 Å². The molecule has 2 aromatic rings. The number of nitro benzene ring substituents is 1. The molecule has 0 aliphatic heterocycles. The highest BCUT2D eigenvalue weighted by atomic mass is 32.2. The van der Waals surface area contributed by atoms with E-state index in [1.807, 2.05) is 0 Å². The minimum absolute atomic E-state index is 0.212. The number of carbonyl (C=O) groups is 1. The van der Waals surface area contributed by atoms with Crippen molar-refractivity contribution in [3.63, 3.8) is 0 Å². The summed E-state index contributed by atoms with van der Waals surface area (Å²) in [4.78, 5) is 22.4. The summed E-state index contributed by atoms with van der Waals surface area (Å²) in [7, 11) is -4.01. The number of ether oxygens (including phenoxy) is 1. The lowest BCUT2D eigenvalue weighted by Crippen LogP contribution is -2.25. The van der Waals surface area contributed by atoms with Crippen LogP contribution >= 0.6 is 0 Å². The van der Waals surface area contributed by atoms with Crippen LogP contribution in [0.2, 0.25) is 0 Å². The van der Waals surface area contributed by atoms with E-state index in [1.54, 1.807) is 0 Å². The zero-order chi connectivity index (χ0) is 22.4. The minimum Gasteiger partial charge on any atom is -0.381 e. The van der Waals surface area contributed by atoms with Crippen LogP contribution in [0.4, 0.5) is 11.4 Å². The topological polar surface area (TPSA) is 128 Å². The van der Waals surface area contributed by atoms with Crippen LogP contribution in [0, 0.1) is 23.0 Å². The zero-order valence-corrected chi connectivity index (χ0v) is 18.0. The van der Waals surface area contributed by atoms with Crippen molar-refractivity contribution in [2.24, 2.45) is 5.92 Å². The molecular weight excluding hydrogens is 422 g/mol. The van der Waals surface area contributed by atoms with Crippen LogP contribution in [0.1, 0.15) is 35.2 Å². The van der Waals surface area contributed by atoms with Gasteiger partial charge < -0.3 is 10.1 Å². The fraction of sp³-hybridized carbons (Fsp3) is 0.381. The lowest BCUT2D eigenvalue weighted by Gasteiger charge is -2.10. The van der Waals surface area contributed by atoms with Crippen molar-refractivity contribution >= 4 is 27.3 Å². The molecule has 0 saturated heterocycles. The van der Waals surface area contributed by atoms with Gasteiger partial charge in [0, 0.05) is 42.6 Å². The molecule has 2 N–H and O–H groups in total. The molecule has 1 aliphatic rings. The van der Waals surface area contributed by atoms with Crippen LogP contribution in [0.25, 0.3) is 0 Å². The lowest BCUT2D eigenvalue weighted by molar-refractivity contribution is -0.385. The minimum atomic E-state index is -4.01. The highest BCUT2D eigenvalue weighted by molar-refractivity contribution is 7.92. The summed E-state index contributed by atoms with van der Waals surface area (Å²) in [5.74, 6) is 0.456. The summed E-state index contributed by atoms with van der Waals surface area (Å²) in [5, 5.41) is 13.9. The van der Waals surface area contributed by atoms with E-state index < -0.39 is 14.9 Å². The number of hydrogen-bond acceptors (Lipinski definition) is 6. The molecule has 1 fully saturated rings. The van der Waals surface area contributed by atoms with Gasteiger partial charge in [-0.2, -0.15) is 0 Å². The number of sulfonamides is 1. The van der Waals surface area contributed by atoms with Crippen molar-refractivity contribution in [3.05, 3.63) is 63.7 Å². The molecule has 0 heterocycles. The van der Waals surface area contributed by atoms with Crippen LogP contribution in [0.15, 0.2) is 47.4 Å². The van der Waals surface area contributed by atoms with Gasteiger partial charge in [-0.3, -0.25) is 19.6 Å². The van der Waals surface area contributed by atoms with Crippen LogP contribution in [-0.4, -0.2) is 39.0 Å². The molecule has 166 valence electrons. The van der Waals surface area contributed by atoms with E-state index in [2.05, 4.69) is 10.0 Å². The Kier molecular flexibility index (Phi) is 7.24. The van der Waals surface area contributed by atoms with E-state index in [0.717, 1.165) is 19.1 Å². The molecule has 0 unspecified atom stereocenters. The maximum atomic E-state index is 12.6. The SMILES string of the molecule is Cc1ccc(S(=O)(=O)Nc2ccc(C(=O)NCCCOCC3CC3)cc2)cc1[N+](=O)[O-]. The highest BCUT2D eigenvalue weighted by Gasteiger charge is 2.21. The Morgan fingerprint density at radius 1 is 1.19 bits per heavy atom. The van der Waals surface area contributed by atoms with Crippen molar-refractivity contribution < 1.29 is 22.9 Å². The standard InChI is InChI=1S/C21H25N3O6S/c1-15-3-10-19(13-20(15)24(26)27)31(28,29)23-18-8-6-17(7-9-18)21(25)22-11-2-12-30-14-16-4-5-16/h3,6-10,13,16,23H,2,4-5,11-12,14H2,1H3,(H,22,25). The van der Waals surface area contributed by atoms with Crippen LogP contribution in [0.3, 0.4) is 0 Å². The number of rotatable bonds is 11. The van der Waals surface area contributed by atoms with E-state index >= 15 is 0 Å². The highest BCUT2D eigenvalue weighted by Crippen LogP contribution is 2.28. The molecule has 10 heteroatoms.